The minimum Gasteiger partial charge on any atom is -0.326 e. The summed E-state index contributed by atoms with van der Waals surface area (Å²) in [4.78, 5) is 20.9. The number of hydrogen-bond donors (Lipinski definition) is 2. The molecular formula is C27H23F3N4O. The van der Waals surface area contributed by atoms with Crippen molar-refractivity contribution >= 4 is 28.3 Å². The van der Waals surface area contributed by atoms with E-state index in [0.29, 0.717) is 16.7 Å². The molecule has 0 radical (unpaired) electrons. The maximum atomic E-state index is 12.9. The van der Waals surface area contributed by atoms with Crippen LogP contribution in [-0.4, -0.2) is 27.8 Å². The molecule has 0 spiro atoms. The van der Waals surface area contributed by atoms with Gasteiger partial charge in [-0.15, -0.1) is 0 Å². The average Bonchev–Trinajstić information content (AvgIpc) is 2.83. The lowest BCUT2D eigenvalue weighted by Gasteiger charge is -2.15. The van der Waals surface area contributed by atoms with Gasteiger partial charge in [-0.1, -0.05) is 55.5 Å². The van der Waals surface area contributed by atoms with Crippen LogP contribution in [0.4, 0.5) is 18.9 Å². The summed E-state index contributed by atoms with van der Waals surface area (Å²) in [5.41, 5.74) is 4.31. The number of amides is 1. The Hall–Kier alpha value is -4.07. The van der Waals surface area contributed by atoms with Gasteiger partial charge in [0.15, 0.2) is 0 Å². The van der Waals surface area contributed by atoms with E-state index in [4.69, 9.17) is 5.41 Å². The summed E-state index contributed by atoms with van der Waals surface area (Å²) in [6, 6.07) is 22.2. The van der Waals surface area contributed by atoms with Gasteiger partial charge < -0.3 is 10.7 Å². The molecule has 1 unspecified atom stereocenters. The molecule has 1 atom stereocenters. The third-order valence-electron chi connectivity index (χ3n) is 5.63. The molecule has 4 rings (SSSR count). The minimum absolute atomic E-state index is 0.111. The van der Waals surface area contributed by atoms with E-state index >= 15 is 0 Å². The molecule has 0 aliphatic carbocycles. The number of nitrogens with zero attached hydrogens (tertiary/aromatic N) is 2. The summed E-state index contributed by atoms with van der Waals surface area (Å²) in [5, 5.41) is 10.9. The third-order valence-corrected chi connectivity index (χ3v) is 5.63. The summed E-state index contributed by atoms with van der Waals surface area (Å²) in [6.07, 6.45) is -3.21. The zero-order chi connectivity index (χ0) is 25.0. The minimum atomic E-state index is -4.36. The molecule has 35 heavy (non-hydrogen) atoms. The van der Waals surface area contributed by atoms with Crippen molar-refractivity contribution in [3.05, 3.63) is 90.3 Å². The first-order valence-corrected chi connectivity index (χ1v) is 11.0. The van der Waals surface area contributed by atoms with Crippen LogP contribution in [0.25, 0.3) is 22.2 Å². The highest BCUT2D eigenvalue weighted by Gasteiger charge is 2.36. The number of aromatic nitrogens is 2. The van der Waals surface area contributed by atoms with Gasteiger partial charge in [0.1, 0.15) is 5.69 Å². The number of hydrogen-bond acceptors (Lipinski definition) is 4. The molecule has 0 saturated carbocycles. The summed E-state index contributed by atoms with van der Waals surface area (Å²) >= 11 is 0. The second-order valence-corrected chi connectivity index (χ2v) is 8.37. The first kappa shape index (κ1) is 24.1. The summed E-state index contributed by atoms with van der Waals surface area (Å²) < 4.78 is 38.6. The van der Waals surface area contributed by atoms with E-state index in [-0.39, 0.29) is 23.7 Å². The van der Waals surface area contributed by atoms with Crippen LogP contribution in [0, 0.1) is 11.3 Å². The average molecular weight is 477 g/mol. The fraction of sp³-hybridized carbons (Fsp3) is 0.185. The van der Waals surface area contributed by atoms with Crippen molar-refractivity contribution in [2.45, 2.75) is 25.9 Å². The zero-order valence-electron chi connectivity index (χ0n) is 18.9. The Labute approximate surface area is 200 Å². The molecule has 1 amide bonds. The van der Waals surface area contributed by atoms with Crippen LogP contribution >= 0.6 is 0 Å². The van der Waals surface area contributed by atoms with Gasteiger partial charge in [-0.3, -0.25) is 9.78 Å². The summed E-state index contributed by atoms with van der Waals surface area (Å²) in [6.45, 7) is 1.05. The largest absolute Gasteiger partial charge is 0.391 e. The zero-order valence-corrected chi connectivity index (χ0v) is 18.9. The number of carbonyl (C=O) groups excluding carboxylic acids is 1. The third kappa shape index (κ3) is 6.09. The predicted octanol–water partition coefficient (Wildman–Crippen LogP) is 6.43. The lowest BCUT2D eigenvalue weighted by atomic mass is 10.0. The number of nitrogens with one attached hydrogen (secondary N) is 2. The van der Waals surface area contributed by atoms with Crippen molar-refractivity contribution in [2.75, 3.05) is 5.32 Å². The van der Waals surface area contributed by atoms with Crippen LogP contribution in [0.15, 0.2) is 79.0 Å². The fourth-order valence-electron chi connectivity index (χ4n) is 3.60. The van der Waals surface area contributed by atoms with Gasteiger partial charge in [0, 0.05) is 12.1 Å². The van der Waals surface area contributed by atoms with Gasteiger partial charge in [0.2, 0.25) is 5.91 Å². The number of benzene rings is 3. The van der Waals surface area contributed by atoms with E-state index in [1.54, 1.807) is 24.3 Å². The van der Waals surface area contributed by atoms with Gasteiger partial charge in [0.25, 0.3) is 0 Å². The Balaban J connectivity index is 1.48. The van der Waals surface area contributed by atoms with Crippen LogP contribution in [0.1, 0.15) is 24.6 Å². The van der Waals surface area contributed by atoms with Crippen LogP contribution in [0.2, 0.25) is 0 Å². The molecule has 4 aromatic rings. The maximum Gasteiger partial charge on any atom is 0.391 e. The Morgan fingerprint density at radius 1 is 0.971 bits per heavy atom. The molecule has 3 aromatic carbocycles. The quantitative estimate of drug-likeness (QED) is 0.302. The van der Waals surface area contributed by atoms with Crippen molar-refractivity contribution < 1.29 is 18.0 Å². The Kier molecular flexibility index (Phi) is 6.91. The second-order valence-electron chi connectivity index (χ2n) is 8.37. The van der Waals surface area contributed by atoms with Gasteiger partial charge in [-0.05, 0) is 41.0 Å². The molecule has 0 saturated heterocycles. The maximum absolute atomic E-state index is 12.9. The van der Waals surface area contributed by atoms with Gasteiger partial charge in [-0.2, -0.15) is 13.2 Å². The van der Waals surface area contributed by atoms with Crippen LogP contribution in [-0.2, 0) is 11.2 Å². The topological polar surface area (TPSA) is 78.7 Å². The van der Waals surface area contributed by atoms with Crippen molar-refractivity contribution in [2.24, 2.45) is 5.92 Å². The first-order valence-electron chi connectivity index (χ1n) is 11.0. The lowest BCUT2D eigenvalue weighted by Crippen LogP contribution is -2.23. The van der Waals surface area contributed by atoms with E-state index in [9.17, 15) is 18.0 Å². The molecular weight excluding hydrogens is 453 g/mol. The number of anilines is 1. The van der Waals surface area contributed by atoms with Gasteiger partial charge in [-0.25, -0.2) is 4.98 Å². The Morgan fingerprint density at radius 3 is 2.34 bits per heavy atom. The number of carbonyl (C=O) groups is 1. The van der Waals surface area contributed by atoms with Crippen LogP contribution in [0.3, 0.4) is 0 Å². The summed E-state index contributed by atoms with van der Waals surface area (Å²) in [5.74, 6) is -1.75. The molecule has 5 nitrogen and oxygen atoms in total. The smallest absolute Gasteiger partial charge is 0.326 e. The van der Waals surface area contributed by atoms with Crippen LogP contribution < -0.4 is 5.32 Å². The molecule has 0 aliphatic heterocycles. The van der Waals surface area contributed by atoms with E-state index in [1.807, 2.05) is 48.5 Å². The highest BCUT2D eigenvalue weighted by molar-refractivity contribution is 5.98. The monoisotopic (exact) mass is 476 g/mol. The highest BCUT2D eigenvalue weighted by Crippen LogP contribution is 2.29. The first-order chi connectivity index (χ1) is 16.7. The van der Waals surface area contributed by atoms with Crippen molar-refractivity contribution in [3.63, 3.8) is 0 Å². The number of fused-ring (bicyclic) bond motifs is 1. The molecule has 1 heterocycles. The molecule has 178 valence electrons. The molecule has 0 bridgehead atoms. The van der Waals surface area contributed by atoms with Gasteiger partial charge >= 0.3 is 6.18 Å². The van der Waals surface area contributed by atoms with E-state index in [1.165, 1.54) is 6.20 Å². The van der Waals surface area contributed by atoms with Crippen LogP contribution in [0.5, 0.6) is 0 Å². The Morgan fingerprint density at radius 2 is 1.66 bits per heavy atom. The molecule has 1 aromatic heterocycles. The number of alkyl halides is 3. The van der Waals surface area contributed by atoms with Crippen molar-refractivity contribution in [1.29, 1.82) is 5.41 Å². The van der Waals surface area contributed by atoms with E-state index in [2.05, 4.69) is 15.3 Å². The van der Waals surface area contributed by atoms with E-state index < -0.39 is 18.5 Å². The SMILES string of the molecule is CC(CC(=N)c1cnc2ccc(-c3ccc(NC(=O)Cc4ccccc4)cc3)cc2n1)C(F)(F)F. The van der Waals surface area contributed by atoms with Gasteiger partial charge in [0.05, 0.1) is 35.3 Å². The highest BCUT2D eigenvalue weighted by atomic mass is 19.4. The fourth-order valence-corrected chi connectivity index (χ4v) is 3.60. The Bertz CT molecular complexity index is 1350. The van der Waals surface area contributed by atoms with Crippen molar-refractivity contribution in [1.82, 2.24) is 9.97 Å². The molecule has 0 fully saturated rings. The normalized spacial score (nSPS) is 12.3. The molecule has 2 N–H and O–H groups in total. The number of rotatable bonds is 7. The second kappa shape index (κ2) is 10.0. The lowest BCUT2D eigenvalue weighted by molar-refractivity contribution is -0.167. The molecule has 8 heteroatoms. The standard InChI is InChI=1S/C27H23F3N4O/c1-17(27(28,29)30)13-22(31)25-16-32-23-12-9-20(15-24(23)34-25)19-7-10-21(11-8-19)33-26(35)14-18-5-3-2-4-6-18/h2-12,15-17,31H,13-14H2,1H3,(H,33,35). The summed E-state index contributed by atoms with van der Waals surface area (Å²) in [7, 11) is 0. The van der Waals surface area contributed by atoms with Crippen molar-refractivity contribution in [3.8, 4) is 11.1 Å². The predicted molar refractivity (Wildman–Crippen MR) is 130 cm³/mol. The van der Waals surface area contributed by atoms with E-state index in [0.717, 1.165) is 23.6 Å². The molecule has 0 aliphatic rings. The number of halogens is 3.